The molecular formula is C28H24ClN3O8. The van der Waals surface area contributed by atoms with Crippen LogP contribution in [0.2, 0.25) is 5.02 Å². The Balaban J connectivity index is 1.33. The maximum Gasteiger partial charge on any atom is 0.338 e. The highest BCUT2D eigenvalue weighted by Crippen LogP contribution is 2.27. The molecule has 3 aromatic carbocycles. The Labute approximate surface area is 233 Å². The van der Waals surface area contributed by atoms with E-state index in [2.05, 4.69) is 10.9 Å². The normalized spacial score (nSPS) is 14.6. The van der Waals surface area contributed by atoms with Crippen LogP contribution < -0.4 is 25.2 Å². The van der Waals surface area contributed by atoms with E-state index in [1.165, 1.54) is 62.8 Å². The first-order valence-corrected chi connectivity index (χ1v) is 12.3. The summed E-state index contributed by atoms with van der Waals surface area (Å²) in [5, 5.41) is 0.477. The van der Waals surface area contributed by atoms with Crippen LogP contribution in [0.15, 0.2) is 66.7 Å². The highest BCUT2D eigenvalue weighted by atomic mass is 35.5. The van der Waals surface area contributed by atoms with E-state index in [4.69, 9.17) is 25.8 Å². The first-order valence-electron chi connectivity index (χ1n) is 11.9. The summed E-state index contributed by atoms with van der Waals surface area (Å²) < 4.78 is 15.4. The van der Waals surface area contributed by atoms with Gasteiger partial charge in [0.2, 0.25) is 5.91 Å². The predicted molar refractivity (Wildman–Crippen MR) is 144 cm³/mol. The molecule has 0 spiro atoms. The maximum absolute atomic E-state index is 12.9. The number of ether oxygens (including phenoxy) is 3. The molecule has 40 heavy (non-hydrogen) atoms. The Hall–Kier alpha value is -4.74. The molecule has 1 aliphatic rings. The third-order valence-corrected chi connectivity index (χ3v) is 6.27. The molecule has 4 rings (SSSR count). The molecule has 1 atom stereocenters. The standard InChI is InChI=1S/C28H24ClN3O8/c1-38-23-12-7-18(13-24(23)39-2)26(35)31-30-21-14-25(34)32(27(21)36)20-10-5-17(6-11-20)28(37)40-15-22(33)16-3-8-19(29)9-4-16/h3-13,21,30H,14-15H2,1-2H3,(H,31,35). The number of carbonyl (C=O) groups is 5. The number of methoxy groups -OCH3 is 2. The molecule has 2 N–H and O–H groups in total. The first-order chi connectivity index (χ1) is 19.2. The Morgan fingerprint density at radius 3 is 2.15 bits per heavy atom. The number of carbonyl (C=O) groups excluding carboxylic acids is 5. The summed E-state index contributed by atoms with van der Waals surface area (Å²) in [6.45, 7) is -0.465. The van der Waals surface area contributed by atoms with Crippen LogP contribution in [0.4, 0.5) is 5.69 Å². The summed E-state index contributed by atoms with van der Waals surface area (Å²) in [6.07, 6.45) is -0.193. The molecule has 3 aromatic rings. The summed E-state index contributed by atoms with van der Waals surface area (Å²) in [6, 6.07) is 15.3. The molecule has 1 unspecified atom stereocenters. The van der Waals surface area contributed by atoms with E-state index in [0.717, 1.165) is 4.90 Å². The second kappa shape index (κ2) is 12.4. The molecule has 1 fully saturated rings. The van der Waals surface area contributed by atoms with E-state index < -0.39 is 42.1 Å². The second-order valence-corrected chi connectivity index (χ2v) is 8.98. The third-order valence-electron chi connectivity index (χ3n) is 6.01. The number of rotatable bonds is 10. The molecular weight excluding hydrogens is 542 g/mol. The van der Waals surface area contributed by atoms with Gasteiger partial charge < -0.3 is 14.2 Å². The average Bonchev–Trinajstić information content (AvgIpc) is 3.26. The smallest absolute Gasteiger partial charge is 0.338 e. The van der Waals surface area contributed by atoms with Gasteiger partial charge in [-0.2, -0.15) is 0 Å². The van der Waals surface area contributed by atoms with Crippen molar-refractivity contribution in [2.45, 2.75) is 12.5 Å². The van der Waals surface area contributed by atoms with Gasteiger partial charge >= 0.3 is 5.97 Å². The molecule has 0 aliphatic carbocycles. The molecule has 3 amide bonds. The van der Waals surface area contributed by atoms with Gasteiger partial charge in [-0.1, -0.05) is 11.6 Å². The first kappa shape index (κ1) is 28.3. The number of hydrogen-bond acceptors (Lipinski definition) is 9. The molecule has 1 aliphatic heterocycles. The van der Waals surface area contributed by atoms with E-state index in [9.17, 15) is 24.0 Å². The minimum Gasteiger partial charge on any atom is -0.493 e. The number of ketones is 1. The fourth-order valence-electron chi connectivity index (χ4n) is 3.90. The molecule has 0 aromatic heterocycles. The molecule has 0 saturated carbocycles. The predicted octanol–water partition coefficient (Wildman–Crippen LogP) is 2.96. The summed E-state index contributed by atoms with van der Waals surface area (Å²) in [4.78, 5) is 63.6. The van der Waals surface area contributed by atoms with Crippen LogP contribution >= 0.6 is 11.6 Å². The van der Waals surface area contributed by atoms with Crippen LogP contribution in [0.3, 0.4) is 0 Å². The highest BCUT2D eigenvalue weighted by Gasteiger charge is 2.39. The number of nitrogens with one attached hydrogen (secondary N) is 2. The molecule has 1 heterocycles. The lowest BCUT2D eigenvalue weighted by molar-refractivity contribution is -0.121. The fraction of sp³-hybridized carbons (Fsp3) is 0.179. The molecule has 0 radical (unpaired) electrons. The minimum absolute atomic E-state index is 0.128. The van der Waals surface area contributed by atoms with Crippen LogP contribution in [0.5, 0.6) is 11.5 Å². The molecule has 0 bridgehead atoms. The Kier molecular flexibility index (Phi) is 8.77. The van der Waals surface area contributed by atoms with Crippen molar-refractivity contribution in [1.82, 2.24) is 10.9 Å². The van der Waals surface area contributed by atoms with Gasteiger partial charge in [-0.15, -0.1) is 0 Å². The Morgan fingerprint density at radius 1 is 0.875 bits per heavy atom. The van der Waals surface area contributed by atoms with Crippen molar-refractivity contribution in [3.63, 3.8) is 0 Å². The number of Topliss-reactive ketones (excluding diaryl/α,β-unsaturated/α-hetero) is 1. The van der Waals surface area contributed by atoms with Gasteiger partial charge in [0.15, 0.2) is 23.9 Å². The van der Waals surface area contributed by atoms with Gasteiger partial charge in [-0.3, -0.25) is 24.6 Å². The van der Waals surface area contributed by atoms with Crippen LogP contribution in [0, 0.1) is 0 Å². The number of hydrogen-bond donors (Lipinski definition) is 2. The van der Waals surface area contributed by atoms with Gasteiger partial charge in [0.25, 0.3) is 11.8 Å². The topological polar surface area (TPSA) is 140 Å². The lowest BCUT2D eigenvalue weighted by atomic mass is 10.1. The van der Waals surface area contributed by atoms with Crippen molar-refractivity contribution in [3.05, 3.63) is 88.4 Å². The number of esters is 1. The lowest BCUT2D eigenvalue weighted by Gasteiger charge is -2.16. The monoisotopic (exact) mass is 565 g/mol. The van der Waals surface area contributed by atoms with Crippen LogP contribution in [0.25, 0.3) is 0 Å². The molecule has 1 saturated heterocycles. The summed E-state index contributed by atoms with van der Waals surface area (Å²) in [5.74, 6) is -1.96. The van der Waals surface area contributed by atoms with Crippen LogP contribution in [-0.2, 0) is 14.3 Å². The quantitative estimate of drug-likeness (QED) is 0.164. The zero-order valence-corrected chi connectivity index (χ0v) is 22.2. The van der Waals surface area contributed by atoms with E-state index >= 15 is 0 Å². The van der Waals surface area contributed by atoms with Crippen LogP contribution in [0.1, 0.15) is 37.5 Å². The van der Waals surface area contributed by atoms with Crippen molar-refractivity contribution in [2.24, 2.45) is 0 Å². The number of hydrazine groups is 1. The third kappa shape index (κ3) is 6.28. The van der Waals surface area contributed by atoms with Crippen molar-refractivity contribution in [3.8, 4) is 11.5 Å². The van der Waals surface area contributed by atoms with E-state index in [1.807, 2.05) is 0 Å². The van der Waals surface area contributed by atoms with Gasteiger partial charge in [0.05, 0.1) is 31.9 Å². The number of amides is 3. The number of benzene rings is 3. The van der Waals surface area contributed by atoms with E-state index in [1.54, 1.807) is 18.2 Å². The number of imide groups is 1. The van der Waals surface area contributed by atoms with Crippen molar-refractivity contribution >= 4 is 46.8 Å². The highest BCUT2D eigenvalue weighted by molar-refractivity contribution is 6.30. The largest absolute Gasteiger partial charge is 0.493 e. The molecule has 206 valence electrons. The van der Waals surface area contributed by atoms with E-state index in [0.29, 0.717) is 22.1 Å². The summed E-state index contributed by atoms with van der Waals surface area (Å²) in [7, 11) is 2.91. The summed E-state index contributed by atoms with van der Waals surface area (Å²) >= 11 is 5.81. The molecule has 11 nitrogen and oxygen atoms in total. The minimum atomic E-state index is -1.000. The Morgan fingerprint density at radius 2 is 1.50 bits per heavy atom. The fourth-order valence-corrected chi connectivity index (χ4v) is 4.02. The molecule has 12 heteroatoms. The number of nitrogens with zero attached hydrogens (tertiary/aromatic N) is 1. The zero-order valence-electron chi connectivity index (χ0n) is 21.4. The Bertz CT molecular complexity index is 1460. The zero-order chi connectivity index (χ0) is 28.8. The van der Waals surface area contributed by atoms with Gasteiger partial charge in [-0.05, 0) is 66.7 Å². The average molecular weight is 566 g/mol. The van der Waals surface area contributed by atoms with E-state index in [-0.39, 0.29) is 23.2 Å². The van der Waals surface area contributed by atoms with Gasteiger partial charge in [0, 0.05) is 16.1 Å². The lowest BCUT2D eigenvalue weighted by Crippen LogP contribution is -2.48. The SMILES string of the molecule is COc1ccc(C(=O)NNC2CC(=O)N(c3ccc(C(=O)OCC(=O)c4ccc(Cl)cc4)cc3)C2=O)cc1OC. The van der Waals surface area contributed by atoms with Gasteiger partial charge in [-0.25, -0.2) is 15.1 Å². The number of halogens is 1. The van der Waals surface area contributed by atoms with Crippen molar-refractivity contribution < 1.29 is 38.2 Å². The van der Waals surface area contributed by atoms with Crippen molar-refractivity contribution in [1.29, 1.82) is 0 Å². The summed E-state index contributed by atoms with van der Waals surface area (Å²) in [5.41, 5.74) is 6.00. The van der Waals surface area contributed by atoms with Crippen LogP contribution in [-0.4, -0.2) is 56.3 Å². The maximum atomic E-state index is 12.9. The van der Waals surface area contributed by atoms with Gasteiger partial charge in [0.1, 0.15) is 6.04 Å². The van der Waals surface area contributed by atoms with Crippen molar-refractivity contribution in [2.75, 3.05) is 25.7 Å². The number of anilines is 1. The second-order valence-electron chi connectivity index (χ2n) is 8.55.